The third-order valence-electron chi connectivity index (χ3n) is 1.64. The van der Waals surface area contributed by atoms with Gasteiger partial charge in [-0.15, -0.1) is 12.4 Å². The van der Waals surface area contributed by atoms with E-state index in [1.807, 2.05) is 18.2 Å². The lowest BCUT2D eigenvalue weighted by atomic mass is 10.1. The molecule has 0 aromatic heterocycles. The number of alkyl halides is 2. The van der Waals surface area contributed by atoms with Gasteiger partial charge >= 0.3 is 0 Å². The normalized spacial score (nSPS) is 12.3. The zero-order valence-electron chi connectivity index (χ0n) is 6.99. The monoisotopic (exact) mass is 207 g/mol. The van der Waals surface area contributed by atoms with Crippen molar-refractivity contribution in [1.82, 2.24) is 0 Å². The number of nitrogens with two attached hydrogens (primary N) is 1. The first-order valence-electron chi connectivity index (χ1n) is 3.78. The van der Waals surface area contributed by atoms with Gasteiger partial charge < -0.3 is 5.73 Å². The second kappa shape index (κ2) is 5.89. The Morgan fingerprint density at radius 2 is 1.69 bits per heavy atom. The van der Waals surface area contributed by atoms with E-state index in [1.54, 1.807) is 12.1 Å². The first kappa shape index (κ1) is 12.3. The summed E-state index contributed by atoms with van der Waals surface area (Å²) < 4.78 is 24.0. The number of hydrogen-bond acceptors (Lipinski definition) is 1. The van der Waals surface area contributed by atoms with E-state index in [0.29, 0.717) is 0 Å². The first-order valence-corrected chi connectivity index (χ1v) is 3.78. The molecule has 1 aromatic rings. The van der Waals surface area contributed by atoms with E-state index in [0.717, 1.165) is 5.56 Å². The van der Waals surface area contributed by atoms with Crippen LogP contribution < -0.4 is 5.73 Å². The van der Waals surface area contributed by atoms with Crippen LogP contribution in [0.15, 0.2) is 30.3 Å². The number of rotatable bonds is 3. The van der Waals surface area contributed by atoms with Gasteiger partial charge in [0.15, 0.2) is 0 Å². The van der Waals surface area contributed by atoms with Crippen molar-refractivity contribution in [2.45, 2.75) is 18.9 Å². The Morgan fingerprint density at radius 3 is 2.15 bits per heavy atom. The maximum atomic E-state index is 12.0. The van der Waals surface area contributed by atoms with Crippen molar-refractivity contribution < 1.29 is 8.78 Å². The fourth-order valence-corrected chi connectivity index (χ4v) is 0.975. The van der Waals surface area contributed by atoms with Crippen molar-refractivity contribution in [2.75, 3.05) is 0 Å². The number of benzene rings is 1. The SMILES string of the molecule is Cl.N[C@H](Cc1ccccc1)C(F)F. The molecule has 0 unspecified atom stereocenters. The summed E-state index contributed by atoms with van der Waals surface area (Å²) in [5, 5.41) is 0. The van der Waals surface area contributed by atoms with Crippen LogP contribution in [0.4, 0.5) is 8.78 Å². The minimum absolute atomic E-state index is 0. The molecule has 1 rings (SSSR count). The fraction of sp³-hybridized carbons (Fsp3) is 0.333. The van der Waals surface area contributed by atoms with Crippen LogP contribution in [0.25, 0.3) is 0 Å². The summed E-state index contributed by atoms with van der Waals surface area (Å²) in [5.41, 5.74) is 6.05. The number of hydrogen-bond donors (Lipinski definition) is 1. The number of halogens is 3. The van der Waals surface area contributed by atoms with Crippen LogP contribution in [0, 0.1) is 0 Å². The molecule has 1 atom stereocenters. The van der Waals surface area contributed by atoms with Gasteiger partial charge in [-0.05, 0) is 12.0 Å². The van der Waals surface area contributed by atoms with Crippen LogP contribution in [-0.4, -0.2) is 12.5 Å². The molecule has 1 nitrogen and oxygen atoms in total. The van der Waals surface area contributed by atoms with Gasteiger partial charge in [0.2, 0.25) is 0 Å². The van der Waals surface area contributed by atoms with Crippen molar-refractivity contribution >= 4 is 12.4 Å². The minimum atomic E-state index is -2.44. The highest BCUT2D eigenvalue weighted by molar-refractivity contribution is 5.85. The second-order valence-corrected chi connectivity index (χ2v) is 2.69. The molecule has 0 fully saturated rings. The second-order valence-electron chi connectivity index (χ2n) is 2.69. The molecule has 4 heteroatoms. The summed E-state index contributed by atoms with van der Waals surface area (Å²) in [6.45, 7) is 0. The molecule has 0 bridgehead atoms. The molecule has 2 N–H and O–H groups in total. The molecular weight excluding hydrogens is 196 g/mol. The molecule has 0 heterocycles. The van der Waals surface area contributed by atoms with Crippen molar-refractivity contribution in [3.63, 3.8) is 0 Å². The standard InChI is InChI=1S/C9H11F2N.ClH/c10-9(11)8(12)6-7-4-2-1-3-5-7;/h1-5,8-9H,6,12H2;1H/t8-;/m1./s1. The van der Waals surface area contributed by atoms with E-state index in [2.05, 4.69) is 0 Å². The Balaban J connectivity index is 0.00000144. The van der Waals surface area contributed by atoms with Crippen LogP contribution in [0.2, 0.25) is 0 Å². The lowest BCUT2D eigenvalue weighted by Gasteiger charge is -2.09. The summed E-state index contributed by atoms with van der Waals surface area (Å²) in [7, 11) is 0. The average Bonchev–Trinajstić information content (AvgIpc) is 2.06. The molecule has 0 aliphatic rings. The summed E-state index contributed by atoms with van der Waals surface area (Å²) >= 11 is 0. The van der Waals surface area contributed by atoms with Crippen LogP contribution >= 0.6 is 12.4 Å². The first-order chi connectivity index (χ1) is 5.70. The quantitative estimate of drug-likeness (QED) is 0.809. The summed E-state index contributed by atoms with van der Waals surface area (Å²) in [6, 6.07) is 8.01. The van der Waals surface area contributed by atoms with E-state index >= 15 is 0 Å². The molecule has 1 aromatic carbocycles. The summed E-state index contributed by atoms with van der Waals surface area (Å²) in [6.07, 6.45) is -2.20. The highest BCUT2D eigenvalue weighted by atomic mass is 35.5. The zero-order chi connectivity index (χ0) is 8.97. The lowest BCUT2D eigenvalue weighted by molar-refractivity contribution is 0.116. The molecule has 0 spiro atoms. The zero-order valence-corrected chi connectivity index (χ0v) is 7.81. The van der Waals surface area contributed by atoms with Crippen LogP contribution in [0.3, 0.4) is 0 Å². The van der Waals surface area contributed by atoms with Gasteiger partial charge in [0.25, 0.3) is 6.43 Å². The maximum Gasteiger partial charge on any atom is 0.253 e. The Morgan fingerprint density at radius 1 is 1.15 bits per heavy atom. The predicted octanol–water partition coefficient (Wildman–Crippen LogP) is 2.24. The average molecular weight is 208 g/mol. The highest BCUT2D eigenvalue weighted by Gasteiger charge is 2.14. The van der Waals surface area contributed by atoms with Crippen LogP contribution in [-0.2, 0) is 6.42 Å². The van der Waals surface area contributed by atoms with E-state index in [9.17, 15) is 8.78 Å². The topological polar surface area (TPSA) is 26.0 Å². The van der Waals surface area contributed by atoms with Crippen molar-refractivity contribution in [1.29, 1.82) is 0 Å². The molecule has 0 radical (unpaired) electrons. The smallest absolute Gasteiger partial charge is 0.253 e. The third-order valence-corrected chi connectivity index (χ3v) is 1.64. The van der Waals surface area contributed by atoms with Gasteiger partial charge in [0.05, 0.1) is 6.04 Å². The minimum Gasteiger partial charge on any atom is -0.323 e. The Labute approximate surface area is 82.4 Å². The summed E-state index contributed by atoms with van der Waals surface area (Å²) in [4.78, 5) is 0. The van der Waals surface area contributed by atoms with Crippen LogP contribution in [0.1, 0.15) is 5.56 Å². The third kappa shape index (κ3) is 4.20. The molecule has 0 aliphatic carbocycles. The Kier molecular flexibility index (Phi) is 5.58. The van der Waals surface area contributed by atoms with Gasteiger partial charge in [-0.3, -0.25) is 0 Å². The Bertz CT molecular complexity index is 228. The lowest BCUT2D eigenvalue weighted by Crippen LogP contribution is -2.30. The fourth-order valence-electron chi connectivity index (χ4n) is 0.975. The molecular formula is C9H12ClF2N. The maximum absolute atomic E-state index is 12.0. The van der Waals surface area contributed by atoms with Gasteiger partial charge in [-0.1, -0.05) is 30.3 Å². The van der Waals surface area contributed by atoms with E-state index < -0.39 is 12.5 Å². The predicted molar refractivity (Wildman–Crippen MR) is 51.4 cm³/mol. The van der Waals surface area contributed by atoms with Crippen molar-refractivity contribution in [3.05, 3.63) is 35.9 Å². The Hall–Kier alpha value is -0.670. The highest BCUT2D eigenvalue weighted by Crippen LogP contribution is 2.06. The summed E-state index contributed by atoms with van der Waals surface area (Å²) in [5.74, 6) is 0. The van der Waals surface area contributed by atoms with Gasteiger partial charge in [0, 0.05) is 0 Å². The molecule has 0 amide bonds. The molecule has 0 aliphatic heterocycles. The largest absolute Gasteiger partial charge is 0.323 e. The van der Waals surface area contributed by atoms with E-state index in [4.69, 9.17) is 5.73 Å². The van der Waals surface area contributed by atoms with E-state index in [-0.39, 0.29) is 18.8 Å². The van der Waals surface area contributed by atoms with Gasteiger partial charge in [0.1, 0.15) is 0 Å². The molecule has 74 valence electrons. The molecule has 13 heavy (non-hydrogen) atoms. The van der Waals surface area contributed by atoms with Crippen LogP contribution in [0.5, 0.6) is 0 Å². The molecule has 0 saturated carbocycles. The van der Waals surface area contributed by atoms with Gasteiger partial charge in [-0.2, -0.15) is 0 Å². The van der Waals surface area contributed by atoms with Gasteiger partial charge in [-0.25, -0.2) is 8.78 Å². The van der Waals surface area contributed by atoms with Crippen molar-refractivity contribution in [2.24, 2.45) is 5.73 Å². The molecule has 0 saturated heterocycles. The van der Waals surface area contributed by atoms with E-state index in [1.165, 1.54) is 0 Å². The van der Waals surface area contributed by atoms with Crippen molar-refractivity contribution in [3.8, 4) is 0 Å².